The lowest BCUT2D eigenvalue weighted by Gasteiger charge is -2.04. The molecule has 2 aromatic rings. The largest absolute Gasteiger partial charge is 0.494 e. The van der Waals surface area contributed by atoms with E-state index in [9.17, 15) is 8.42 Å². The molecule has 0 amide bonds. The van der Waals surface area contributed by atoms with Crippen LogP contribution >= 0.6 is 11.6 Å². The molecule has 0 aliphatic rings. The van der Waals surface area contributed by atoms with E-state index >= 15 is 0 Å². The molecule has 4 nitrogen and oxygen atoms in total. The summed E-state index contributed by atoms with van der Waals surface area (Å²) in [5, 5.41) is -0.0653. The molecule has 0 bridgehead atoms. The summed E-state index contributed by atoms with van der Waals surface area (Å²) in [5.74, 6) is 0.606. The summed E-state index contributed by atoms with van der Waals surface area (Å²) in [6.45, 7) is 2.37. The molecule has 0 atom stereocenters. The second kappa shape index (κ2) is 6.74. The topological polar surface area (TPSA) is 55.7 Å². The van der Waals surface area contributed by atoms with Crippen molar-refractivity contribution in [1.82, 2.24) is 0 Å². The summed E-state index contributed by atoms with van der Waals surface area (Å²) >= 11 is 5.97. The van der Waals surface area contributed by atoms with Crippen LogP contribution in [0, 0.1) is 0 Å². The van der Waals surface area contributed by atoms with Crippen LogP contribution < -0.4 is 4.74 Å². The van der Waals surface area contributed by atoms with Crippen molar-refractivity contribution >= 4 is 26.8 Å². The Kier molecular flexibility index (Phi) is 4.98. The first kappa shape index (κ1) is 15.5. The lowest BCUT2D eigenvalue weighted by molar-refractivity contribution is 0.340. The number of sulfonamides is 1. The van der Waals surface area contributed by atoms with Gasteiger partial charge >= 0.3 is 0 Å². The van der Waals surface area contributed by atoms with E-state index in [1.807, 2.05) is 13.0 Å². The van der Waals surface area contributed by atoms with Crippen molar-refractivity contribution in [2.45, 2.75) is 11.8 Å². The molecule has 2 rings (SSSR count). The summed E-state index contributed by atoms with van der Waals surface area (Å²) in [7, 11) is -3.84. The van der Waals surface area contributed by atoms with Crippen LogP contribution in [0.1, 0.15) is 12.5 Å². The third-order valence-electron chi connectivity index (χ3n) is 2.64. The first-order valence-electron chi connectivity index (χ1n) is 6.31. The molecule has 0 aromatic heterocycles. The molecular formula is C15H14ClNO3S. The standard InChI is InChI=1S/C15H14ClNO3S/c1-2-20-13-8-10-14(11-9-13)21(18,19)17-15(16)12-6-4-3-5-7-12/h3-11H,2H2,1H3/b17-15+. The van der Waals surface area contributed by atoms with E-state index in [-0.39, 0.29) is 10.1 Å². The molecule has 110 valence electrons. The third-order valence-corrected chi connectivity index (χ3v) is 4.34. The molecule has 0 unspecified atom stereocenters. The Morgan fingerprint density at radius 3 is 2.29 bits per heavy atom. The SMILES string of the molecule is CCOc1ccc(S(=O)(=O)/N=C(/Cl)c2ccccc2)cc1. The smallest absolute Gasteiger partial charge is 0.283 e. The van der Waals surface area contributed by atoms with Gasteiger partial charge in [-0.2, -0.15) is 8.42 Å². The van der Waals surface area contributed by atoms with Gasteiger partial charge in [0.25, 0.3) is 10.0 Å². The van der Waals surface area contributed by atoms with Crippen molar-refractivity contribution in [2.75, 3.05) is 6.61 Å². The Hall–Kier alpha value is -1.85. The van der Waals surface area contributed by atoms with Gasteiger partial charge < -0.3 is 4.74 Å². The van der Waals surface area contributed by atoms with Gasteiger partial charge in [0, 0.05) is 5.56 Å². The van der Waals surface area contributed by atoms with Crippen LogP contribution in [-0.4, -0.2) is 20.2 Å². The Bertz CT molecular complexity index is 725. The predicted octanol–water partition coefficient (Wildman–Crippen LogP) is 3.46. The van der Waals surface area contributed by atoms with Crippen molar-refractivity contribution < 1.29 is 13.2 Å². The lowest BCUT2D eigenvalue weighted by atomic mass is 10.2. The average Bonchev–Trinajstić information content (AvgIpc) is 2.48. The molecular weight excluding hydrogens is 310 g/mol. The van der Waals surface area contributed by atoms with Crippen molar-refractivity contribution in [3.8, 4) is 5.75 Å². The van der Waals surface area contributed by atoms with E-state index in [1.54, 1.807) is 36.4 Å². The Morgan fingerprint density at radius 2 is 1.71 bits per heavy atom. The zero-order valence-corrected chi connectivity index (χ0v) is 12.9. The second-order valence-electron chi connectivity index (χ2n) is 4.13. The number of hydrogen-bond acceptors (Lipinski definition) is 3. The van der Waals surface area contributed by atoms with Crippen LogP contribution in [0.4, 0.5) is 0 Å². The van der Waals surface area contributed by atoms with Crippen LogP contribution in [0.2, 0.25) is 0 Å². The highest BCUT2D eigenvalue weighted by molar-refractivity contribution is 7.90. The quantitative estimate of drug-likeness (QED) is 0.792. The van der Waals surface area contributed by atoms with Crippen molar-refractivity contribution in [3.05, 3.63) is 60.2 Å². The molecule has 6 heteroatoms. The molecule has 0 spiro atoms. The zero-order chi connectivity index (χ0) is 15.3. The zero-order valence-electron chi connectivity index (χ0n) is 11.4. The summed E-state index contributed by atoms with van der Waals surface area (Å²) in [4.78, 5) is 0.0695. The fraction of sp³-hybridized carbons (Fsp3) is 0.133. The highest BCUT2D eigenvalue weighted by atomic mass is 35.5. The highest BCUT2D eigenvalue weighted by Gasteiger charge is 2.14. The molecule has 0 aliphatic heterocycles. The molecule has 0 aliphatic carbocycles. The van der Waals surface area contributed by atoms with E-state index in [4.69, 9.17) is 16.3 Å². The summed E-state index contributed by atoms with van der Waals surface area (Å²) in [5.41, 5.74) is 0.550. The van der Waals surface area contributed by atoms with Gasteiger partial charge in [-0.05, 0) is 31.2 Å². The fourth-order valence-electron chi connectivity index (χ4n) is 1.66. The van der Waals surface area contributed by atoms with Gasteiger partial charge in [-0.25, -0.2) is 0 Å². The number of hydrogen-bond donors (Lipinski definition) is 0. The second-order valence-corrected chi connectivity index (χ2v) is 6.09. The van der Waals surface area contributed by atoms with Gasteiger partial charge in [0.15, 0.2) is 0 Å². The number of rotatable bonds is 5. The molecule has 0 fully saturated rings. The fourth-order valence-corrected chi connectivity index (χ4v) is 2.96. The maximum absolute atomic E-state index is 12.2. The number of benzene rings is 2. The Balaban J connectivity index is 2.29. The van der Waals surface area contributed by atoms with E-state index in [1.165, 1.54) is 12.1 Å². The van der Waals surface area contributed by atoms with Gasteiger partial charge in [0.2, 0.25) is 0 Å². The van der Waals surface area contributed by atoms with Crippen LogP contribution in [0.3, 0.4) is 0 Å². The van der Waals surface area contributed by atoms with Crippen molar-refractivity contribution in [2.24, 2.45) is 4.40 Å². The van der Waals surface area contributed by atoms with Crippen LogP contribution in [-0.2, 0) is 10.0 Å². The van der Waals surface area contributed by atoms with Gasteiger partial charge in [0.05, 0.1) is 11.5 Å². The minimum atomic E-state index is -3.84. The van der Waals surface area contributed by atoms with Crippen LogP contribution in [0.25, 0.3) is 0 Å². The van der Waals surface area contributed by atoms with E-state index in [2.05, 4.69) is 4.40 Å². The summed E-state index contributed by atoms with van der Waals surface area (Å²) in [6, 6.07) is 14.8. The minimum Gasteiger partial charge on any atom is -0.494 e. The average molecular weight is 324 g/mol. The Labute approximate surface area is 129 Å². The maximum Gasteiger partial charge on any atom is 0.283 e. The first-order valence-corrected chi connectivity index (χ1v) is 8.13. The molecule has 0 heterocycles. The Morgan fingerprint density at radius 1 is 1.10 bits per heavy atom. The first-order chi connectivity index (χ1) is 10.0. The molecule has 21 heavy (non-hydrogen) atoms. The van der Waals surface area contributed by atoms with Gasteiger partial charge in [-0.15, -0.1) is 4.40 Å². The highest BCUT2D eigenvalue weighted by Crippen LogP contribution is 2.19. The van der Waals surface area contributed by atoms with E-state index in [0.29, 0.717) is 17.9 Å². The molecule has 0 saturated carbocycles. The van der Waals surface area contributed by atoms with E-state index < -0.39 is 10.0 Å². The van der Waals surface area contributed by atoms with E-state index in [0.717, 1.165) is 0 Å². The molecule has 0 radical (unpaired) electrons. The van der Waals surface area contributed by atoms with Gasteiger partial charge in [0.1, 0.15) is 10.9 Å². The van der Waals surface area contributed by atoms with Crippen LogP contribution in [0.5, 0.6) is 5.75 Å². The minimum absolute atomic E-state index is 0.0653. The number of halogens is 1. The molecule has 0 saturated heterocycles. The predicted molar refractivity (Wildman–Crippen MR) is 83.6 cm³/mol. The van der Waals surface area contributed by atoms with Gasteiger partial charge in [-0.1, -0.05) is 41.9 Å². The van der Waals surface area contributed by atoms with Crippen molar-refractivity contribution in [3.63, 3.8) is 0 Å². The maximum atomic E-state index is 12.2. The van der Waals surface area contributed by atoms with Crippen molar-refractivity contribution in [1.29, 1.82) is 0 Å². The summed E-state index contributed by atoms with van der Waals surface area (Å²) in [6.07, 6.45) is 0. The molecule has 0 N–H and O–H groups in total. The monoisotopic (exact) mass is 323 g/mol. The normalized spacial score (nSPS) is 12.2. The number of nitrogens with zero attached hydrogens (tertiary/aromatic N) is 1. The molecule has 2 aromatic carbocycles. The third kappa shape index (κ3) is 4.06. The number of ether oxygens (including phenoxy) is 1. The van der Waals surface area contributed by atoms with Crippen LogP contribution in [0.15, 0.2) is 63.9 Å². The van der Waals surface area contributed by atoms with Gasteiger partial charge in [-0.3, -0.25) is 0 Å². The lowest BCUT2D eigenvalue weighted by Crippen LogP contribution is -2.02. The summed E-state index contributed by atoms with van der Waals surface area (Å²) < 4.78 is 33.3.